The summed E-state index contributed by atoms with van der Waals surface area (Å²) in [5.41, 5.74) is 2.40. The second-order valence-corrected chi connectivity index (χ2v) is 5.51. The molecule has 2 aromatic rings. The van der Waals surface area contributed by atoms with Gasteiger partial charge in [-0.05, 0) is 11.1 Å². The lowest BCUT2D eigenvalue weighted by molar-refractivity contribution is 0.195. The van der Waals surface area contributed by atoms with Crippen LogP contribution in [0.5, 0.6) is 0 Å². The highest BCUT2D eigenvalue weighted by Crippen LogP contribution is 2.02. The minimum Gasteiger partial charge on any atom is -0.373 e. The minimum absolute atomic E-state index is 0.633. The van der Waals surface area contributed by atoms with Crippen LogP contribution < -0.4 is 0 Å². The zero-order valence-electron chi connectivity index (χ0n) is 13.0. The Balaban J connectivity index is 0.000000505. The highest BCUT2D eigenvalue weighted by molar-refractivity contribution is 7.79. The highest BCUT2D eigenvalue weighted by atomic mass is 32.3. The van der Waals surface area contributed by atoms with Gasteiger partial charge in [-0.1, -0.05) is 85.0 Å². The third-order valence-electron chi connectivity index (χ3n) is 2.65. The van der Waals surface area contributed by atoms with Gasteiger partial charge in [0.1, 0.15) is 0 Å². The number of ether oxygens (including phenoxy) is 1. The molecule has 0 heterocycles. The Morgan fingerprint density at radius 1 is 0.750 bits per heavy atom. The van der Waals surface area contributed by atoms with Crippen LogP contribution >= 0.6 is 0 Å². The van der Waals surface area contributed by atoms with E-state index in [2.05, 4.69) is 36.4 Å². The molecular weight excluding hydrogens is 328 g/mol. The second kappa shape index (κ2) is 11.3. The number of benzene rings is 2. The third-order valence-corrected chi connectivity index (χ3v) is 2.65. The van der Waals surface area contributed by atoms with Crippen molar-refractivity contribution in [2.45, 2.75) is 0 Å². The molecule has 6 heteroatoms. The lowest BCUT2D eigenvalue weighted by Crippen LogP contribution is -1.90. The largest absolute Gasteiger partial charge is 0.394 e. The Morgan fingerprint density at radius 2 is 1.08 bits per heavy atom. The molecular formula is C18H20O5S. The first-order valence-corrected chi connectivity index (χ1v) is 8.55. The van der Waals surface area contributed by atoms with Gasteiger partial charge in [-0.2, -0.15) is 8.42 Å². The molecule has 0 atom stereocenters. The molecule has 0 saturated heterocycles. The van der Waals surface area contributed by atoms with Crippen LogP contribution in [0.15, 0.2) is 72.8 Å². The van der Waals surface area contributed by atoms with Crippen molar-refractivity contribution in [1.29, 1.82) is 0 Å². The van der Waals surface area contributed by atoms with Crippen molar-refractivity contribution in [2.24, 2.45) is 0 Å². The van der Waals surface area contributed by atoms with Crippen LogP contribution in [0.1, 0.15) is 11.1 Å². The van der Waals surface area contributed by atoms with Gasteiger partial charge in [-0.25, -0.2) is 0 Å². The van der Waals surface area contributed by atoms with E-state index in [1.165, 1.54) is 11.1 Å². The molecule has 24 heavy (non-hydrogen) atoms. The molecule has 0 bridgehead atoms. The van der Waals surface area contributed by atoms with Crippen molar-refractivity contribution in [3.8, 4) is 0 Å². The number of rotatable bonds is 6. The van der Waals surface area contributed by atoms with E-state index < -0.39 is 10.4 Å². The Morgan fingerprint density at radius 3 is 1.42 bits per heavy atom. The van der Waals surface area contributed by atoms with Crippen molar-refractivity contribution in [1.82, 2.24) is 0 Å². The predicted octanol–water partition coefficient (Wildman–Crippen LogP) is 3.78. The van der Waals surface area contributed by atoms with Gasteiger partial charge in [0.05, 0.1) is 13.2 Å². The normalized spacial score (nSPS) is 11.4. The van der Waals surface area contributed by atoms with Crippen molar-refractivity contribution >= 4 is 22.6 Å². The van der Waals surface area contributed by atoms with Crippen molar-refractivity contribution < 1.29 is 22.3 Å². The summed E-state index contributed by atoms with van der Waals surface area (Å²) in [6.45, 7) is 1.27. The van der Waals surface area contributed by atoms with E-state index >= 15 is 0 Å². The quantitative estimate of drug-likeness (QED) is 0.613. The first kappa shape index (κ1) is 19.8. The topological polar surface area (TPSA) is 83.8 Å². The number of hydrogen-bond acceptors (Lipinski definition) is 3. The summed E-state index contributed by atoms with van der Waals surface area (Å²) in [4.78, 5) is 0. The molecule has 0 amide bonds. The lowest BCUT2D eigenvalue weighted by atomic mass is 10.2. The van der Waals surface area contributed by atoms with E-state index in [9.17, 15) is 0 Å². The fourth-order valence-corrected chi connectivity index (χ4v) is 1.70. The zero-order chi connectivity index (χ0) is 17.7. The van der Waals surface area contributed by atoms with Gasteiger partial charge in [-0.3, -0.25) is 9.11 Å². The molecule has 0 fully saturated rings. The van der Waals surface area contributed by atoms with Gasteiger partial charge < -0.3 is 4.74 Å². The SMILES string of the molecule is C(=Cc1ccccc1)COCC=Cc1ccccc1.O=S(=O)(O)O. The highest BCUT2D eigenvalue weighted by Gasteiger charge is 1.85. The fraction of sp³-hybridized carbons (Fsp3) is 0.111. The molecule has 0 saturated carbocycles. The van der Waals surface area contributed by atoms with Gasteiger partial charge in [0.25, 0.3) is 0 Å². The molecule has 0 aliphatic carbocycles. The maximum atomic E-state index is 8.74. The van der Waals surface area contributed by atoms with Gasteiger partial charge in [0.15, 0.2) is 0 Å². The average molecular weight is 348 g/mol. The lowest BCUT2D eigenvalue weighted by Gasteiger charge is -1.96. The maximum absolute atomic E-state index is 8.74. The van der Waals surface area contributed by atoms with Gasteiger partial charge in [-0.15, -0.1) is 0 Å². The number of hydrogen-bond donors (Lipinski definition) is 2. The van der Waals surface area contributed by atoms with Gasteiger partial charge in [0, 0.05) is 0 Å². The summed E-state index contributed by atoms with van der Waals surface area (Å²) in [5, 5.41) is 0. The van der Waals surface area contributed by atoms with Crippen LogP contribution in [0.3, 0.4) is 0 Å². The Bertz CT molecular complexity index is 665. The summed E-state index contributed by atoms with van der Waals surface area (Å²) >= 11 is 0. The van der Waals surface area contributed by atoms with Crippen LogP contribution in [-0.2, 0) is 15.1 Å². The van der Waals surface area contributed by atoms with E-state index in [1.54, 1.807) is 0 Å². The van der Waals surface area contributed by atoms with Crippen LogP contribution in [-0.4, -0.2) is 30.7 Å². The smallest absolute Gasteiger partial charge is 0.373 e. The first-order chi connectivity index (χ1) is 11.4. The molecule has 0 aliphatic heterocycles. The average Bonchev–Trinajstić information content (AvgIpc) is 2.54. The van der Waals surface area contributed by atoms with Crippen LogP contribution in [0.4, 0.5) is 0 Å². The van der Waals surface area contributed by atoms with Gasteiger partial charge >= 0.3 is 10.4 Å². The second-order valence-electron chi connectivity index (χ2n) is 4.61. The third kappa shape index (κ3) is 12.3. The summed E-state index contributed by atoms with van der Waals surface area (Å²) in [5.74, 6) is 0. The van der Waals surface area contributed by atoms with Crippen LogP contribution in [0.2, 0.25) is 0 Å². The summed E-state index contributed by atoms with van der Waals surface area (Å²) in [6.07, 6.45) is 8.21. The monoisotopic (exact) mass is 348 g/mol. The standard InChI is InChI=1S/C18H18O.H2O4S/c1-3-9-17(10-4-1)13-7-15-19-16-8-14-18-11-5-2-6-12-18;1-5(2,3)4/h1-14H,15-16H2;(H2,1,2,3,4). The predicted molar refractivity (Wildman–Crippen MR) is 95.9 cm³/mol. The van der Waals surface area contributed by atoms with E-state index in [-0.39, 0.29) is 0 Å². The molecule has 0 radical (unpaired) electrons. The first-order valence-electron chi connectivity index (χ1n) is 7.16. The minimum atomic E-state index is -4.67. The molecule has 5 nitrogen and oxygen atoms in total. The van der Waals surface area contributed by atoms with Crippen LogP contribution in [0, 0.1) is 0 Å². The Labute approximate surface area is 142 Å². The molecule has 2 aromatic carbocycles. The molecule has 0 aromatic heterocycles. The van der Waals surface area contributed by atoms with Crippen molar-refractivity contribution in [3.63, 3.8) is 0 Å². The Hall–Kier alpha value is -2.25. The van der Waals surface area contributed by atoms with Crippen LogP contribution in [0.25, 0.3) is 12.2 Å². The molecule has 0 spiro atoms. The summed E-state index contributed by atoms with van der Waals surface area (Å²) < 4.78 is 37.1. The molecule has 128 valence electrons. The van der Waals surface area contributed by atoms with E-state index in [4.69, 9.17) is 22.3 Å². The van der Waals surface area contributed by atoms with Crippen molar-refractivity contribution in [2.75, 3.05) is 13.2 Å². The Kier molecular flexibility index (Phi) is 9.33. The molecule has 0 aliphatic rings. The van der Waals surface area contributed by atoms with E-state index in [0.717, 1.165) is 0 Å². The molecule has 2 rings (SSSR count). The van der Waals surface area contributed by atoms with E-state index in [1.807, 2.05) is 48.6 Å². The fourth-order valence-electron chi connectivity index (χ4n) is 1.70. The molecule has 0 unspecified atom stereocenters. The summed E-state index contributed by atoms with van der Waals surface area (Å²) in [7, 11) is -4.67. The van der Waals surface area contributed by atoms with Crippen molar-refractivity contribution in [3.05, 3.63) is 83.9 Å². The summed E-state index contributed by atoms with van der Waals surface area (Å²) in [6, 6.07) is 20.5. The maximum Gasteiger partial charge on any atom is 0.394 e. The molecule has 2 N–H and O–H groups in total. The van der Waals surface area contributed by atoms with E-state index in [0.29, 0.717) is 13.2 Å². The van der Waals surface area contributed by atoms with Gasteiger partial charge in [0.2, 0.25) is 0 Å². The zero-order valence-corrected chi connectivity index (χ0v) is 13.8.